The summed E-state index contributed by atoms with van der Waals surface area (Å²) in [6, 6.07) is 94.2. The number of hydrogen-bond donors (Lipinski definition) is 0. The zero-order chi connectivity index (χ0) is 48.7. The van der Waals surface area contributed by atoms with Gasteiger partial charge in [0.25, 0.3) is 0 Å². The first-order valence-corrected chi connectivity index (χ1v) is 25.3. The minimum atomic E-state index is 0.695. The summed E-state index contributed by atoms with van der Waals surface area (Å²) in [6.07, 6.45) is 0. The van der Waals surface area contributed by atoms with Crippen LogP contribution in [0.2, 0.25) is 0 Å². The van der Waals surface area contributed by atoms with Crippen molar-refractivity contribution in [3.63, 3.8) is 0 Å². The quantitative estimate of drug-likeness (QED) is 0.156. The molecule has 74 heavy (non-hydrogen) atoms. The van der Waals surface area contributed by atoms with Crippen LogP contribution in [-0.2, 0) is 0 Å². The van der Waals surface area contributed by atoms with Gasteiger partial charge in [0.05, 0.1) is 22.6 Å². The van der Waals surface area contributed by atoms with E-state index < -0.39 is 0 Å². The molecule has 0 spiro atoms. The van der Waals surface area contributed by atoms with Crippen LogP contribution < -0.4 is 0 Å². The minimum absolute atomic E-state index is 0.695. The standard InChI is InChI=1S/C71H43N3/c1-2-17-47-39-52(37-34-44(47)16-1)70-65-42-62(59-28-11-12-29-60(59)69(65)61-30-13-14-31-66(61)72-70)46-35-32-45(33-36-46)48-20-15-21-51(38-48)67-43-68(63-40-49-18-3-5-22-53(49)55-24-7-9-26-57(55)63)74-71(73-67)64-41-50-19-4-6-23-54(50)56-25-8-10-27-58(56)64/h1-43H. The van der Waals surface area contributed by atoms with Crippen LogP contribution in [0.25, 0.3) is 154 Å². The molecule has 13 aromatic carbocycles. The summed E-state index contributed by atoms with van der Waals surface area (Å²) in [4.78, 5) is 16.4. The van der Waals surface area contributed by atoms with Crippen molar-refractivity contribution in [3.05, 3.63) is 261 Å². The highest BCUT2D eigenvalue weighted by molar-refractivity contribution is 6.25. The first-order valence-electron chi connectivity index (χ1n) is 25.3. The highest BCUT2D eigenvalue weighted by Crippen LogP contribution is 2.44. The third-order valence-corrected chi connectivity index (χ3v) is 15.2. The summed E-state index contributed by atoms with van der Waals surface area (Å²) in [5.74, 6) is 0.695. The van der Waals surface area contributed by atoms with Gasteiger partial charge in [-0.1, -0.05) is 218 Å². The van der Waals surface area contributed by atoms with E-state index >= 15 is 0 Å². The molecular formula is C71H43N3. The number of rotatable bonds is 6. The summed E-state index contributed by atoms with van der Waals surface area (Å²) in [5, 5.41) is 17.8. The zero-order valence-corrected chi connectivity index (χ0v) is 40.2. The van der Waals surface area contributed by atoms with Gasteiger partial charge in [-0.3, -0.25) is 0 Å². The molecule has 0 saturated carbocycles. The van der Waals surface area contributed by atoms with Crippen molar-refractivity contribution in [3.8, 4) is 67.4 Å². The number of aromatic nitrogens is 3. The Bertz CT molecular complexity index is 4650. The third kappa shape index (κ3) is 6.86. The smallest absolute Gasteiger partial charge is 0.161 e. The van der Waals surface area contributed by atoms with E-state index in [1.54, 1.807) is 0 Å². The first kappa shape index (κ1) is 41.9. The minimum Gasteiger partial charge on any atom is -0.247 e. The lowest BCUT2D eigenvalue weighted by atomic mass is 9.89. The van der Waals surface area contributed by atoms with Crippen LogP contribution in [0, 0.1) is 0 Å². The van der Waals surface area contributed by atoms with Crippen LogP contribution in [0.1, 0.15) is 0 Å². The van der Waals surface area contributed by atoms with Crippen LogP contribution in [0.5, 0.6) is 0 Å². The second kappa shape index (κ2) is 16.9. The molecule has 15 aromatic rings. The van der Waals surface area contributed by atoms with E-state index in [4.69, 9.17) is 15.0 Å². The Morgan fingerprint density at radius 2 is 0.730 bits per heavy atom. The lowest BCUT2D eigenvalue weighted by molar-refractivity contribution is 1.19. The normalized spacial score (nSPS) is 11.8. The summed E-state index contributed by atoms with van der Waals surface area (Å²) in [6.45, 7) is 0. The molecule has 0 aliphatic heterocycles. The van der Waals surface area contributed by atoms with Gasteiger partial charge in [0.1, 0.15) is 0 Å². The maximum Gasteiger partial charge on any atom is 0.161 e. The van der Waals surface area contributed by atoms with Gasteiger partial charge in [0, 0.05) is 38.4 Å². The van der Waals surface area contributed by atoms with E-state index in [-0.39, 0.29) is 0 Å². The molecule has 342 valence electrons. The summed E-state index contributed by atoms with van der Waals surface area (Å²) in [5.41, 5.74) is 12.5. The molecule has 15 rings (SSSR count). The van der Waals surface area contributed by atoms with E-state index in [2.05, 4.69) is 261 Å². The molecule has 0 bridgehead atoms. The Balaban J connectivity index is 0.882. The van der Waals surface area contributed by atoms with Crippen LogP contribution in [0.15, 0.2) is 261 Å². The Hall–Kier alpha value is -9.83. The van der Waals surface area contributed by atoms with Crippen molar-refractivity contribution in [2.24, 2.45) is 0 Å². The van der Waals surface area contributed by atoms with E-state index in [1.165, 1.54) is 59.4 Å². The number of hydrogen-bond acceptors (Lipinski definition) is 3. The van der Waals surface area contributed by atoms with Crippen molar-refractivity contribution in [2.45, 2.75) is 0 Å². The number of para-hydroxylation sites is 1. The fourth-order valence-corrected chi connectivity index (χ4v) is 11.7. The highest BCUT2D eigenvalue weighted by atomic mass is 14.9. The molecule has 0 unspecified atom stereocenters. The Morgan fingerprint density at radius 3 is 1.45 bits per heavy atom. The third-order valence-electron chi connectivity index (χ3n) is 15.2. The molecule has 2 aromatic heterocycles. The van der Waals surface area contributed by atoms with Gasteiger partial charge >= 0.3 is 0 Å². The molecular weight excluding hydrogens is 895 g/mol. The molecule has 0 saturated heterocycles. The second-order valence-electron chi connectivity index (χ2n) is 19.4. The fourth-order valence-electron chi connectivity index (χ4n) is 11.7. The molecule has 3 nitrogen and oxygen atoms in total. The molecule has 3 heteroatoms. The van der Waals surface area contributed by atoms with Crippen molar-refractivity contribution < 1.29 is 0 Å². The average Bonchev–Trinajstić information content (AvgIpc) is 3.50. The van der Waals surface area contributed by atoms with Crippen LogP contribution >= 0.6 is 0 Å². The van der Waals surface area contributed by atoms with Gasteiger partial charge in [0.2, 0.25) is 0 Å². The lowest BCUT2D eigenvalue weighted by Crippen LogP contribution is -1.98. The van der Waals surface area contributed by atoms with E-state index in [1.807, 2.05) is 0 Å². The second-order valence-corrected chi connectivity index (χ2v) is 19.4. The molecule has 0 N–H and O–H groups in total. The number of nitrogens with zero attached hydrogens (tertiary/aromatic N) is 3. The van der Waals surface area contributed by atoms with Crippen LogP contribution in [0.4, 0.5) is 0 Å². The van der Waals surface area contributed by atoms with Gasteiger partial charge in [-0.05, 0) is 129 Å². The summed E-state index contributed by atoms with van der Waals surface area (Å²) >= 11 is 0. The maximum absolute atomic E-state index is 5.51. The van der Waals surface area contributed by atoms with E-state index in [0.29, 0.717) is 5.82 Å². The first-order chi connectivity index (χ1) is 36.7. The van der Waals surface area contributed by atoms with Gasteiger partial charge in [-0.25, -0.2) is 15.0 Å². The predicted octanol–water partition coefficient (Wildman–Crippen LogP) is 19.1. The SMILES string of the molecule is c1cc(-c2ccc(-c3cc4c(-c5ccc6ccccc6c5)nc5ccccc5c4c4ccccc34)cc2)cc(-c2cc(-c3cc4ccccc4c4ccccc34)nc(-c3cc4ccccc4c4ccccc34)n2)c1. The number of benzene rings is 13. The topological polar surface area (TPSA) is 38.7 Å². The van der Waals surface area contributed by atoms with Gasteiger partial charge in [-0.15, -0.1) is 0 Å². The monoisotopic (exact) mass is 937 g/mol. The molecule has 0 amide bonds. The van der Waals surface area contributed by atoms with Crippen molar-refractivity contribution >= 4 is 86.3 Å². The maximum atomic E-state index is 5.51. The summed E-state index contributed by atoms with van der Waals surface area (Å²) in [7, 11) is 0. The largest absolute Gasteiger partial charge is 0.247 e. The zero-order valence-electron chi connectivity index (χ0n) is 40.2. The van der Waals surface area contributed by atoms with Crippen molar-refractivity contribution in [1.82, 2.24) is 15.0 Å². The van der Waals surface area contributed by atoms with Crippen molar-refractivity contribution in [2.75, 3.05) is 0 Å². The molecule has 0 fully saturated rings. The fraction of sp³-hybridized carbons (Fsp3) is 0. The predicted molar refractivity (Wildman–Crippen MR) is 312 cm³/mol. The highest BCUT2D eigenvalue weighted by Gasteiger charge is 2.20. The average molecular weight is 938 g/mol. The van der Waals surface area contributed by atoms with Gasteiger partial charge in [-0.2, -0.15) is 0 Å². The number of pyridine rings is 1. The Labute approximate surface area is 427 Å². The van der Waals surface area contributed by atoms with Gasteiger partial charge < -0.3 is 0 Å². The van der Waals surface area contributed by atoms with E-state index in [0.717, 1.165) is 88.5 Å². The molecule has 2 heterocycles. The lowest BCUT2D eigenvalue weighted by Gasteiger charge is -2.17. The Kier molecular flexibility index (Phi) is 9.57. The van der Waals surface area contributed by atoms with E-state index in [9.17, 15) is 0 Å². The Morgan fingerprint density at radius 1 is 0.216 bits per heavy atom. The number of fused-ring (bicyclic) bond motifs is 12. The van der Waals surface area contributed by atoms with Crippen LogP contribution in [0.3, 0.4) is 0 Å². The van der Waals surface area contributed by atoms with Crippen molar-refractivity contribution in [1.29, 1.82) is 0 Å². The molecule has 0 aliphatic rings. The molecule has 0 radical (unpaired) electrons. The van der Waals surface area contributed by atoms with Gasteiger partial charge in [0.15, 0.2) is 5.82 Å². The summed E-state index contributed by atoms with van der Waals surface area (Å²) < 4.78 is 0. The molecule has 0 atom stereocenters. The molecule has 0 aliphatic carbocycles. The van der Waals surface area contributed by atoms with Crippen LogP contribution in [-0.4, -0.2) is 15.0 Å².